The Morgan fingerprint density at radius 3 is 2.84 bits per heavy atom. The summed E-state index contributed by atoms with van der Waals surface area (Å²) in [7, 11) is 0. The molecule has 1 aliphatic rings. The molecule has 2 rings (SSSR count). The predicted molar refractivity (Wildman–Crippen MR) is 71.3 cm³/mol. The van der Waals surface area contributed by atoms with Crippen LogP contribution < -0.4 is 11.1 Å². The molecule has 0 aliphatic heterocycles. The molecule has 104 valence electrons. The lowest BCUT2D eigenvalue weighted by atomic mass is 9.94. The molecular formula is C14H20N2O3. The summed E-state index contributed by atoms with van der Waals surface area (Å²) in [5.74, 6) is 0.801. The Kier molecular flexibility index (Phi) is 4.37. The van der Waals surface area contributed by atoms with Crippen molar-refractivity contribution in [3.05, 3.63) is 22.6 Å². The summed E-state index contributed by atoms with van der Waals surface area (Å²) >= 11 is 0. The lowest BCUT2D eigenvalue weighted by molar-refractivity contribution is 0.0919. The van der Waals surface area contributed by atoms with Crippen LogP contribution in [0.2, 0.25) is 0 Å². The third kappa shape index (κ3) is 2.87. The largest absolute Gasteiger partial charge is 0.455 e. The standard InChI is InChI=1S/C14H20N2O3/c1-9-12-10(17)5-4-6-11(12)19-13(9)14(18)16-8-3-2-7-15/h2-8,15H2,1H3,(H,16,18). The van der Waals surface area contributed by atoms with Gasteiger partial charge in [0.2, 0.25) is 0 Å². The second kappa shape index (κ2) is 6.02. The first-order valence-corrected chi connectivity index (χ1v) is 6.79. The Bertz CT molecular complexity index is 491. The van der Waals surface area contributed by atoms with E-state index in [9.17, 15) is 9.59 Å². The minimum Gasteiger partial charge on any atom is -0.455 e. The summed E-state index contributed by atoms with van der Waals surface area (Å²) in [6.07, 6.45) is 3.82. The molecule has 1 aromatic rings. The Morgan fingerprint density at radius 2 is 2.16 bits per heavy atom. The Hall–Kier alpha value is -1.62. The van der Waals surface area contributed by atoms with Gasteiger partial charge in [-0.2, -0.15) is 0 Å². The van der Waals surface area contributed by atoms with Gasteiger partial charge in [0.05, 0.1) is 5.56 Å². The zero-order valence-corrected chi connectivity index (χ0v) is 11.3. The number of fused-ring (bicyclic) bond motifs is 1. The quantitative estimate of drug-likeness (QED) is 0.791. The SMILES string of the molecule is Cc1c(C(=O)NCCCCN)oc2c1C(=O)CCC2. The maximum Gasteiger partial charge on any atom is 0.287 e. The third-order valence-corrected chi connectivity index (χ3v) is 3.43. The molecule has 0 unspecified atom stereocenters. The van der Waals surface area contributed by atoms with Crippen LogP contribution in [0.25, 0.3) is 0 Å². The van der Waals surface area contributed by atoms with E-state index in [1.54, 1.807) is 6.92 Å². The van der Waals surface area contributed by atoms with Crippen LogP contribution in [-0.2, 0) is 6.42 Å². The number of nitrogens with one attached hydrogen (secondary N) is 1. The van der Waals surface area contributed by atoms with Gasteiger partial charge in [0.1, 0.15) is 5.76 Å². The molecule has 0 bridgehead atoms. The van der Waals surface area contributed by atoms with Crippen LogP contribution in [0.15, 0.2) is 4.42 Å². The van der Waals surface area contributed by atoms with Gasteiger partial charge < -0.3 is 15.5 Å². The smallest absolute Gasteiger partial charge is 0.287 e. The number of hydrogen-bond donors (Lipinski definition) is 2. The van der Waals surface area contributed by atoms with Crippen molar-refractivity contribution in [3.63, 3.8) is 0 Å². The Labute approximate surface area is 112 Å². The van der Waals surface area contributed by atoms with Crippen molar-refractivity contribution in [1.29, 1.82) is 0 Å². The molecule has 19 heavy (non-hydrogen) atoms. The van der Waals surface area contributed by atoms with Crippen molar-refractivity contribution in [3.8, 4) is 0 Å². The normalized spacial score (nSPS) is 14.3. The van der Waals surface area contributed by atoms with Gasteiger partial charge in [-0.05, 0) is 32.7 Å². The van der Waals surface area contributed by atoms with Crippen LogP contribution in [-0.4, -0.2) is 24.8 Å². The van der Waals surface area contributed by atoms with E-state index in [-0.39, 0.29) is 17.5 Å². The molecule has 1 aromatic heterocycles. The molecule has 0 aromatic carbocycles. The minimum atomic E-state index is -0.239. The molecule has 1 heterocycles. The molecule has 0 spiro atoms. The van der Waals surface area contributed by atoms with E-state index in [2.05, 4.69) is 5.32 Å². The van der Waals surface area contributed by atoms with Gasteiger partial charge in [0, 0.05) is 24.9 Å². The Morgan fingerprint density at radius 1 is 1.37 bits per heavy atom. The second-order valence-electron chi connectivity index (χ2n) is 4.88. The second-order valence-corrected chi connectivity index (χ2v) is 4.88. The first-order valence-electron chi connectivity index (χ1n) is 6.79. The fourth-order valence-corrected chi connectivity index (χ4v) is 2.42. The number of carbonyl (C=O) groups excluding carboxylic acids is 2. The highest BCUT2D eigenvalue weighted by atomic mass is 16.4. The van der Waals surface area contributed by atoms with E-state index in [1.165, 1.54) is 0 Å². The molecule has 0 fully saturated rings. The van der Waals surface area contributed by atoms with Crippen molar-refractivity contribution in [2.75, 3.05) is 13.1 Å². The molecule has 3 N–H and O–H groups in total. The molecule has 0 radical (unpaired) electrons. The van der Waals surface area contributed by atoms with E-state index in [0.717, 1.165) is 25.7 Å². The van der Waals surface area contributed by atoms with Crippen molar-refractivity contribution < 1.29 is 14.0 Å². The monoisotopic (exact) mass is 264 g/mol. The van der Waals surface area contributed by atoms with Gasteiger partial charge in [-0.25, -0.2) is 0 Å². The minimum absolute atomic E-state index is 0.0877. The number of amides is 1. The maximum absolute atomic E-state index is 12.0. The predicted octanol–water partition coefficient (Wildman–Crippen LogP) is 1.58. The average molecular weight is 264 g/mol. The summed E-state index contributed by atoms with van der Waals surface area (Å²) < 4.78 is 5.57. The summed E-state index contributed by atoms with van der Waals surface area (Å²) in [4.78, 5) is 23.8. The van der Waals surface area contributed by atoms with Gasteiger partial charge in [0.15, 0.2) is 11.5 Å². The third-order valence-electron chi connectivity index (χ3n) is 3.43. The molecule has 5 heteroatoms. The van der Waals surface area contributed by atoms with E-state index < -0.39 is 0 Å². The van der Waals surface area contributed by atoms with Crippen LogP contribution >= 0.6 is 0 Å². The molecule has 0 saturated carbocycles. The van der Waals surface area contributed by atoms with Crippen molar-refractivity contribution in [2.24, 2.45) is 5.73 Å². The zero-order chi connectivity index (χ0) is 13.8. The van der Waals surface area contributed by atoms with Crippen molar-refractivity contribution >= 4 is 11.7 Å². The highest BCUT2D eigenvalue weighted by Crippen LogP contribution is 2.29. The number of carbonyl (C=O) groups is 2. The number of aryl methyl sites for hydroxylation is 1. The fourth-order valence-electron chi connectivity index (χ4n) is 2.42. The highest BCUT2D eigenvalue weighted by Gasteiger charge is 2.28. The first kappa shape index (κ1) is 13.8. The number of hydrogen-bond acceptors (Lipinski definition) is 4. The van der Waals surface area contributed by atoms with E-state index in [4.69, 9.17) is 10.2 Å². The van der Waals surface area contributed by atoms with Crippen LogP contribution in [0.1, 0.15) is 57.9 Å². The molecule has 0 saturated heterocycles. The van der Waals surface area contributed by atoms with Crippen LogP contribution in [0.4, 0.5) is 0 Å². The van der Waals surface area contributed by atoms with E-state index >= 15 is 0 Å². The molecule has 1 amide bonds. The molecule has 0 atom stereocenters. The number of ketones is 1. The van der Waals surface area contributed by atoms with Crippen molar-refractivity contribution in [2.45, 2.75) is 39.0 Å². The van der Waals surface area contributed by atoms with Crippen LogP contribution in [0.5, 0.6) is 0 Å². The van der Waals surface area contributed by atoms with Gasteiger partial charge >= 0.3 is 0 Å². The van der Waals surface area contributed by atoms with Gasteiger partial charge in [-0.15, -0.1) is 0 Å². The number of nitrogens with two attached hydrogens (primary N) is 1. The van der Waals surface area contributed by atoms with Crippen molar-refractivity contribution in [1.82, 2.24) is 5.32 Å². The van der Waals surface area contributed by atoms with E-state index in [0.29, 0.717) is 36.4 Å². The summed E-state index contributed by atoms with van der Waals surface area (Å²) in [5, 5.41) is 2.80. The summed E-state index contributed by atoms with van der Waals surface area (Å²) in [6.45, 7) is 2.98. The van der Waals surface area contributed by atoms with Crippen LogP contribution in [0, 0.1) is 6.92 Å². The molecule has 5 nitrogen and oxygen atoms in total. The van der Waals surface area contributed by atoms with Gasteiger partial charge in [0.25, 0.3) is 5.91 Å². The molecular weight excluding hydrogens is 244 g/mol. The first-order chi connectivity index (χ1) is 9.15. The molecule has 1 aliphatic carbocycles. The number of unbranched alkanes of at least 4 members (excludes halogenated alkanes) is 1. The van der Waals surface area contributed by atoms with Gasteiger partial charge in [-0.3, -0.25) is 9.59 Å². The van der Waals surface area contributed by atoms with E-state index in [1.807, 2.05) is 0 Å². The van der Waals surface area contributed by atoms with Crippen LogP contribution in [0.3, 0.4) is 0 Å². The fraction of sp³-hybridized carbons (Fsp3) is 0.571. The van der Waals surface area contributed by atoms with Gasteiger partial charge in [-0.1, -0.05) is 0 Å². The highest BCUT2D eigenvalue weighted by molar-refractivity contribution is 6.03. The number of rotatable bonds is 5. The number of furan rings is 1. The Balaban J connectivity index is 2.08. The number of Topliss-reactive ketones (excluding diaryl/α,β-unsaturated/α-hetero) is 1. The topological polar surface area (TPSA) is 85.3 Å². The summed E-state index contributed by atoms with van der Waals surface area (Å²) in [5.41, 5.74) is 6.69. The lowest BCUT2D eigenvalue weighted by Crippen LogP contribution is -2.25. The average Bonchev–Trinajstić information content (AvgIpc) is 2.73. The lowest BCUT2D eigenvalue weighted by Gasteiger charge is -2.07. The summed E-state index contributed by atoms with van der Waals surface area (Å²) in [6, 6.07) is 0. The maximum atomic E-state index is 12.0. The zero-order valence-electron chi connectivity index (χ0n) is 11.3.